The Hall–Kier alpha value is -1.91. The maximum absolute atomic E-state index is 12.3. The lowest BCUT2D eigenvalue weighted by atomic mass is 10.0. The number of nitrogens with zero attached hydrogens (tertiary/aromatic N) is 3. The third-order valence-corrected chi connectivity index (χ3v) is 3.42. The lowest BCUT2D eigenvalue weighted by Gasteiger charge is -2.22. The highest BCUT2D eigenvalue weighted by Gasteiger charge is 2.37. The Morgan fingerprint density at radius 1 is 1.28 bits per heavy atom. The normalized spacial score (nSPS) is 26.3. The van der Waals surface area contributed by atoms with Crippen LogP contribution in [0.25, 0.3) is 0 Å². The molecule has 3 rings (SSSR count). The summed E-state index contributed by atoms with van der Waals surface area (Å²) >= 11 is 0. The number of amides is 1. The molecule has 5 heteroatoms. The first-order valence-corrected chi connectivity index (χ1v) is 6.22. The summed E-state index contributed by atoms with van der Waals surface area (Å²) < 4.78 is 5.47. The number of rotatable bonds is 2. The van der Waals surface area contributed by atoms with E-state index in [0.717, 1.165) is 31.5 Å². The van der Waals surface area contributed by atoms with Crippen LogP contribution < -0.4 is 0 Å². The van der Waals surface area contributed by atoms with E-state index in [1.807, 2.05) is 17.0 Å². The van der Waals surface area contributed by atoms with Crippen LogP contribution in [0.4, 0.5) is 0 Å². The standard InChI is InChI=1S/C13H15N3O2/c17-13(16-7-1-2-8-16)11-12(18-9-15-11)10-3-5-14-6-4-10/h3-6,9,11-12H,1-2,7-8H2/t11-,12+/m0/s1. The molecule has 0 radical (unpaired) electrons. The van der Waals surface area contributed by atoms with Gasteiger partial charge in [0.2, 0.25) is 0 Å². The monoisotopic (exact) mass is 245 g/mol. The summed E-state index contributed by atoms with van der Waals surface area (Å²) in [5, 5.41) is 0. The molecule has 18 heavy (non-hydrogen) atoms. The molecule has 0 unspecified atom stereocenters. The van der Waals surface area contributed by atoms with E-state index in [-0.39, 0.29) is 12.0 Å². The third-order valence-electron chi connectivity index (χ3n) is 3.42. The van der Waals surface area contributed by atoms with Crippen molar-refractivity contribution in [2.24, 2.45) is 4.99 Å². The van der Waals surface area contributed by atoms with E-state index in [4.69, 9.17) is 4.74 Å². The van der Waals surface area contributed by atoms with Gasteiger partial charge in [-0.1, -0.05) is 0 Å². The number of likely N-dealkylation sites (tertiary alicyclic amines) is 1. The van der Waals surface area contributed by atoms with Crippen molar-refractivity contribution < 1.29 is 9.53 Å². The number of pyridine rings is 1. The molecule has 0 spiro atoms. The molecule has 1 amide bonds. The van der Waals surface area contributed by atoms with Crippen LogP contribution in [0, 0.1) is 0 Å². The van der Waals surface area contributed by atoms with Crippen molar-refractivity contribution >= 4 is 12.3 Å². The van der Waals surface area contributed by atoms with Crippen LogP contribution in [0.3, 0.4) is 0 Å². The second-order valence-electron chi connectivity index (χ2n) is 4.57. The van der Waals surface area contributed by atoms with E-state index >= 15 is 0 Å². The highest BCUT2D eigenvalue weighted by molar-refractivity contribution is 5.85. The van der Waals surface area contributed by atoms with Gasteiger partial charge >= 0.3 is 0 Å². The quantitative estimate of drug-likeness (QED) is 0.786. The SMILES string of the molecule is O=C([C@H]1N=CO[C@@H]1c1ccncc1)N1CCCC1. The summed E-state index contributed by atoms with van der Waals surface area (Å²) in [7, 11) is 0. The number of hydrogen-bond donors (Lipinski definition) is 0. The van der Waals surface area contributed by atoms with E-state index in [0.29, 0.717) is 0 Å². The van der Waals surface area contributed by atoms with Crippen LogP contribution in [-0.2, 0) is 9.53 Å². The van der Waals surface area contributed by atoms with Gasteiger partial charge < -0.3 is 9.64 Å². The van der Waals surface area contributed by atoms with Crippen molar-refractivity contribution in [2.45, 2.75) is 25.0 Å². The number of carbonyl (C=O) groups excluding carboxylic acids is 1. The van der Waals surface area contributed by atoms with Gasteiger partial charge in [0.25, 0.3) is 5.91 Å². The number of aliphatic imine (C=N–C) groups is 1. The van der Waals surface area contributed by atoms with Gasteiger partial charge in [-0.05, 0) is 30.5 Å². The van der Waals surface area contributed by atoms with Gasteiger partial charge in [0.05, 0.1) is 0 Å². The Balaban J connectivity index is 1.78. The fourth-order valence-electron chi connectivity index (χ4n) is 2.45. The summed E-state index contributed by atoms with van der Waals surface area (Å²) in [5.41, 5.74) is 0.944. The molecule has 0 bridgehead atoms. The molecule has 1 aromatic heterocycles. The van der Waals surface area contributed by atoms with E-state index < -0.39 is 6.04 Å². The zero-order valence-electron chi connectivity index (χ0n) is 10.0. The summed E-state index contributed by atoms with van der Waals surface area (Å²) in [5.74, 6) is 0.0723. The molecule has 0 N–H and O–H groups in total. The number of carbonyl (C=O) groups is 1. The van der Waals surface area contributed by atoms with E-state index in [1.165, 1.54) is 6.40 Å². The fourth-order valence-corrected chi connectivity index (χ4v) is 2.45. The topological polar surface area (TPSA) is 54.8 Å². The minimum absolute atomic E-state index is 0.0723. The smallest absolute Gasteiger partial charge is 0.251 e. The summed E-state index contributed by atoms with van der Waals surface area (Å²) in [6, 6.07) is 3.29. The molecule has 1 saturated heterocycles. The molecule has 2 aliphatic heterocycles. The van der Waals surface area contributed by atoms with Crippen LogP contribution in [0.1, 0.15) is 24.5 Å². The Bertz CT molecular complexity index is 455. The maximum atomic E-state index is 12.3. The molecule has 1 aromatic rings. The first-order chi connectivity index (χ1) is 8.86. The minimum atomic E-state index is -0.439. The lowest BCUT2D eigenvalue weighted by molar-refractivity contribution is -0.133. The van der Waals surface area contributed by atoms with Gasteiger partial charge in [-0.25, -0.2) is 4.99 Å². The van der Waals surface area contributed by atoms with Crippen LogP contribution in [0.2, 0.25) is 0 Å². The van der Waals surface area contributed by atoms with Crippen molar-refractivity contribution in [3.63, 3.8) is 0 Å². The van der Waals surface area contributed by atoms with Crippen LogP contribution >= 0.6 is 0 Å². The molecule has 94 valence electrons. The Labute approximate surface area is 105 Å². The number of ether oxygens (including phenoxy) is 1. The first kappa shape index (κ1) is 11.2. The summed E-state index contributed by atoms with van der Waals surface area (Å²) in [4.78, 5) is 22.4. The van der Waals surface area contributed by atoms with Gasteiger partial charge in [0.15, 0.2) is 18.5 Å². The molecular weight excluding hydrogens is 230 g/mol. The average Bonchev–Trinajstić information content (AvgIpc) is 3.10. The fraction of sp³-hybridized carbons (Fsp3) is 0.462. The van der Waals surface area contributed by atoms with Gasteiger partial charge in [-0.2, -0.15) is 0 Å². The zero-order chi connectivity index (χ0) is 12.4. The largest absolute Gasteiger partial charge is 0.473 e. The predicted molar refractivity (Wildman–Crippen MR) is 66.2 cm³/mol. The maximum Gasteiger partial charge on any atom is 0.251 e. The second-order valence-corrected chi connectivity index (χ2v) is 4.57. The van der Waals surface area contributed by atoms with Crippen LogP contribution in [0.15, 0.2) is 29.5 Å². The number of hydrogen-bond acceptors (Lipinski definition) is 4. The van der Waals surface area contributed by atoms with E-state index in [9.17, 15) is 4.79 Å². The Kier molecular flexibility index (Phi) is 2.96. The van der Waals surface area contributed by atoms with E-state index in [2.05, 4.69) is 9.98 Å². The Morgan fingerprint density at radius 2 is 2.00 bits per heavy atom. The second kappa shape index (κ2) is 4.76. The van der Waals surface area contributed by atoms with Gasteiger partial charge in [-0.15, -0.1) is 0 Å². The molecular formula is C13H15N3O2. The predicted octanol–water partition coefficient (Wildman–Crippen LogP) is 1.17. The molecule has 0 aliphatic carbocycles. The zero-order valence-corrected chi connectivity index (χ0v) is 10.0. The van der Waals surface area contributed by atoms with Gasteiger partial charge in [-0.3, -0.25) is 9.78 Å². The van der Waals surface area contributed by atoms with Crippen molar-refractivity contribution in [3.8, 4) is 0 Å². The van der Waals surface area contributed by atoms with E-state index in [1.54, 1.807) is 12.4 Å². The Morgan fingerprint density at radius 3 is 2.72 bits per heavy atom. The molecule has 5 nitrogen and oxygen atoms in total. The van der Waals surface area contributed by atoms with Crippen LogP contribution in [0.5, 0.6) is 0 Å². The number of aromatic nitrogens is 1. The molecule has 2 aliphatic rings. The van der Waals surface area contributed by atoms with Crippen molar-refractivity contribution in [2.75, 3.05) is 13.1 Å². The molecule has 1 fully saturated rings. The van der Waals surface area contributed by atoms with Crippen molar-refractivity contribution in [1.29, 1.82) is 0 Å². The van der Waals surface area contributed by atoms with Crippen LogP contribution in [-0.4, -0.2) is 41.3 Å². The minimum Gasteiger partial charge on any atom is -0.473 e. The highest BCUT2D eigenvalue weighted by Crippen LogP contribution is 2.28. The van der Waals surface area contributed by atoms with Gasteiger partial charge in [0.1, 0.15) is 0 Å². The summed E-state index contributed by atoms with van der Waals surface area (Å²) in [6.45, 7) is 1.68. The molecule has 2 atom stereocenters. The van der Waals surface area contributed by atoms with Crippen molar-refractivity contribution in [3.05, 3.63) is 30.1 Å². The average molecular weight is 245 g/mol. The first-order valence-electron chi connectivity index (χ1n) is 6.22. The third kappa shape index (κ3) is 1.96. The summed E-state index contributed by atoms with van der Waals surface area (Å²) in [6.07, 6.45) is 6.67. The van der Waals surface area contributed by atoms with Crippen molar-refractivity contribution in [1.82, 2.24) is 9.88 Å². The molecule has 0 aromatic carbocycles. The lowest BCUT2D eigenvalue weighted by Crippen LogP contribution is -2.38. The highest BCUT2D eigenvalue weighted by atomic mass is 16.5. The molecule has 0 saturated carbocycles. The molecule has 3 heterocycles. The van der Waals surface area contributed by atoms with Gasteiger partial charge in [0, 0.05) is 25.5 Å².